The number of aliphatic hydroxyl groups is 1. The number of hydrogen-bond acceptors (Lipinski definition) is 4. The fraction of sp³-hybridized carbons (Fsp3) is 0.500. The number of carbonyl (C=O) groups is 2. The predicted molar refractivity (Wildman–Crippen MR) is 49.8 cm³/mol. The maximum absolute atomic E-state index is 9.55. The van der Waals surface area contributed by atoms with Gasteiger partial charge in [-0.05, 0) is 21.0 Å². The normalized spacial score (nSPS) is 12.1. The van der Waals surface area contributed by atoms with Gasteiger partial charge < -0.3 is 15.3 Å². The lowest BCUT2D eigenvalue weighted by Gasteiger charge is -2.11. The van der Waals surface area contributed by atoms with E-state index >= 15 is 0 Å². The standard InChI is InChI=1S/C4H11NO.C4H4O4/c1-4(6)5(2)3;5-3(6)1-2-4(7)8/h4,6H,1-3H3;1-2H,(H,5,6)(H,7,8)/b;2-1+. The van der Waals surface area contributed by atoms with Gasteiger partial charge in [0, 0.05) is 12.2 Å². The number of nitrogens with zero attached hydrogens (tertiary/aromatic N) is 1. The van der Waals surface area contributed by atoms with E-state index < -0.39 is 11.9 Å². The fourth-order valence-electron chi connectivity index (χ4n) is 0.143. The molecule has 82 valence electrons. The number of carboxylic acids is 2. The van der Waals surface area contributed by atoms with E-state index in [1.54, 1.807) is 11.8 Å². The third-order valence-corrected chi connectivity index (χ3v) is 1.12. The molecule has 0 aliphatic carbocycles. The van der Waals surface area contributed by atoms with Crippen LogP contribution in [0.5, 0.6) is 0 Å². The number of carboxylic acid groups (broad SMARTS) is 2. The Morgan fingerprint density at radius 1 is 1.14 bits per heavy atom. The van der Waals surface area contributed by atoms with Crippen molar-refractivity contribution in [3.05, 3.63) is 12.2 Å². The Morgan fingerprint density at radius 3 is 1.43 bits per heavy atom. The second kappa shape index (κ2) is 8.21. The molecule has 0 fully saturated rings. The van der Waals surface area contributed by atoms with Crippen molar-refractivity contribution in [1.29, 1.82) is 0 Å². The van der Waals surface area contributed by atoms with E-state index in [1.165, 1.54) is 0 Å². The summed E-state index contributed by atoms with van der Waals surface area (Å²) >= 11 is 0. The Hall–Kier alpha value is -1.40. The molecule has 14 heavy (non-hydrogen) atoms. The van der Waals surface area contributed by atoms with Gasteiger partial charge in [-0.25, -0.2) is 9.59 Å². The van der Waals surface area contributed by atoms with Crippen LogP contribution in [0.3, 0.4) is 0 Å². The number of hydrogen-bond donors (Lipinski definition) is 3. The molecule has 0 rings (SSSR count). The summed E-state index contributed by atoms with van der Waals surface area (Å²) in [5.41, 5.74) is 0. The van der Waals surface area contributed by atoms with E-state index in [0.29, 0.717) is 12.2 Å². The summed E-state index contributed by atoms with van der Waals surface area (Å²) in [6.07, 6.45) is 0.801. The first-order valence-corrected chi connectivity index (χ1v) is 3.75. The topological polar surface area (TPSA) is 98.1 Å². The lowest BCUT2D eigenvalue weighted by atomic mass is 10.5. The first-order chi connectivity index (χ1) is 6.27. The molecule has 1 unspecified atom stereocenters. The average Bonchev–Trinajstić information content (AvgIpc) is 2.01. The first kappa shape index (κ1) is 15.1. The van der Waals surface area contributed by atoms with E-state index in [1.807, 2.05) is 14.1 Å². The second-order valence-electron chi connectivity index (χ2n) is 2.61. The highest BCUT2D eigenvalue weighted by Gasteiger charge is 1.92. The highest BCUT2D eigenvalue weighted by Crippen LogP contribution is 1.79. The maximum Gasteiger partial charge on any atom is 0.328 e. The summed E-state index contributed by atoms with van der Waals surface area (Å²) in [6, 6.07) is 0. The summed E-state index contributed by atoms with van der Waals surface area (Å²) in [7, 11) is 3.65. The van der Waals surface area contributed by atoms with Gasteiger partial charge in [-0.3, -0.25) is 4.90 Å². The van der Waals surface area contributed by atoms with E-state index in [9.17, 15) is 9.59 Å². The molecule has 0 aliphatic heterocycles. The number of rotatable bonds is 3. The molecule has 0 saturated heterocycles. The van der Waals surface area contributed by atoms with E-state index in [0.717, 1.165) is 0 Å². The van der Waals surface area contributed by atoms with Crippen molar-refractivity contribution < 1.29 is 24.9 Å². The average molecular weight is 205 g/mol. The third-order valence-electron chi connectivity index (χ3n) is 1.12. The number of aliphatic hydroxyl groups excluding tert-OH is 1. The highest BCUT2D eigenvalue weighted by molar-refractivity contribution is 5.89. The van der Waals surface area contributed by atoms with Gasteiger partial charge in [-0.2, -0.15) is 0 Å². The summed E-state index contributed by atoms with van der Waals surface area (Å²) in [4.78, 5) is 20.8. The molecular weight excluding hydrogens is 190 g/mol. The molecule has 1 atom stereocenters. The fourth-order valence-corrected chi connectivity index (χ4v) is 0.143. The van der Waals surface area contributed by atoms with Crippen LogP contribution >= 0.6 is 0 Å². The van der Waals surface area contributed by atoms with Crippen LogP contribution in [0.15, 0.2) is 12.2 Å². The van der Waals surface area contributed by atoms with Crippen LogP contribution in [-0.4, -0.2) is 52.5 Å². The molecule has 6 heteroatoms. The quantitative estimate of drug-likeness (QED) is 0.428. The zero-order chi connectivity index (χ0) is 11.7. The molecule has 0 aromatic heterocycles. The lowest BCUT2D eigenvalue weighted by Crippen LogP contribution is -2.23. The molecule has 0 radical (unpaired) electrons. The summed E-state index contributed by atoms with van der Waals surface area (Å²) in [5, 5.41) is 24.2. The maximum atomic E-state index is 9.55. The molecule has 0 amide bonds. The van der Waals surface area contributed by atoms with Gasteiger partial charge in [0.1, 0.15) is 6.23 Å². The Morgan fingerprint density at radius 2 is 1.36 bits per heavy atom. The smallest absolute Gasteiger partial charge is 0.328 e. The van der Waals surface area contributed by atoms with Crippen LogP contribution in [0, 0.1) is 0 Å². The Kier molecular flexibility index (Phi) is 8.85. The summed E-state index contributed by atoms with van der Waals surface area (Å²) in [5.74, 6) is -2.51. The van der Waals surface area contributed by atoms with Crippen LogP contribution in [0.4, 0.5) is 0 Å². The Labute approximate surface area is 82.1 Å². The van der Waals surface area contributed by atoms with Crippen molar-refractivity contribution in [1.82, 2.24) is 4.90 Å². The first-order valence-electron chi connectivity index (χ1n) is 3.75. The van der Waals surface area contributed by atoms with Gasteiger partial charge in [0.15, 0.2) is 0 Å². The van der Waals surface area contributed by atoms with Gasteiger partial charge >= 0.3 is 11.9 Å². The van der Waals surface area contributed by atoms with Crippen LogP contribution in [0.25, 0.3) is 0 Å². The van der Waals surface area contributed by atoms with Crippen LogP contribution < -0.4 is 0 Å². The molecule has 0 bridgehead atoms. The van der Waals surface area contributed by atoms with E-state index in [2.05, 4.69) is 0 Å². The lowest BCUT2D eigenvalue weighted by molar-refractivity contribution is -0.134. The minimum Gasteiger partial charge on any atom is -0.478 e. The monoisotopic (exact) mass is 205 g/mol. The van der Waals surface area contributed by atoms with Gasteiger partial charge in [0.25, 0.3) is 0 Å². The van der Waals surface area contributed by atoms with Crippen molar-refractivity contribution in [2.45, 2.75) is 13.2 Å². The van der Waals surface area contributed by atoms with Crippen molar-refractivity contribution in [2.75, 3.05) is 14.1 Å². The van der Waals surface area contributed by atoms with E-state index in [4.69, 9.17) is 15.3 Å². The largest absolute Gasteiger partial charge is 0.478 e. The van der Waals surface area contributed by atoms with Crippen LogP contribution in [-0.2, 0) is 9.59 Å². The summed E-state index contributed by atoms with van der Waals surface area (Å²) in [6.45, 7) is 1.72. The molecule has 0 spiro atoms. The molecule has 0 aromatic carbocycles. The Balaban J connectivity index is 0. The van der Waals surface area contributed by atoms with Gasteiger partial charge in [-0.15, -0.1) is 0 Å². The van der Waals surface area contributed by atoms with Gasteiger partial charge in [0.05, 0.1) is 0 Å². The predicted octanol–water partition coefficient (Wildman–Crippen LogP) is -0.402. The van der Waals surface area contributed by atoms with Crippen molar-refractivity contribution in [3.63, 3.8) is 0 Å². The molecule has 3 N–H and O–H groups in total. The molecular formula is C8H15NO5. The third kappa shape index (κ3) is 16.9. The van der Waals surface area contributed by atoms with Crippen LogP contribution in [0.2, 0.25) is 0 Å². The minimum absolute atomic E-state index is 0.315. The highest BCUT2D eigenvalue weighted by atomic mass is 16.4. The zero-order valence-electron chi connectivity index (χ0n) is 8.34. The van der Waals surface area contributed by atoms with Crippen molar-refractivity contribution in [3.8, 4) is 0 Å². The van der Waals surface area contributed by atoms with Crippen LogP contribution in [0.1, 0.15) is 6.92 Å². The SMILES string of the molecule is CC(O)N(C)C.O=C(O)/C=C/C(=O)O. The minimum atomic E-state index is -1.26. The second-order valence-corrected chi connectivity index (χ2v) is 2.61. The number of aliphatic carboxylic acids is 2. The molecule has 0 saturated carbocycles. The zero-order valence-corrected chi connectivity index (χ0v) is 8.34. The van der Waals surface area contributed by atoms with Crippen molar-refractivity contribution >= 4 is 11.9 Å². The molecule has 6 nitrogen and oxygen atoms in total. The molecule has 0 aliphatic rings. The van der Waals surface area contributed by atoms with E-state index in [-0.39, 0.29) is 6.23 Å². The van der Waals surface area contributed by atoms with Gasteiger partial charge in [0.2, 0.25) is 0 Å². The molecule has 0 heterocycles. The molecule has 0 aromatic rings. The summed E-state index contributed by atoms with van der Waals surface area (Å²) < 4.78 is 0. The van der Waals surface area contributed by atoms with Crippen molar-refractivity contribution in [2.24, 2.45) is 0 Å². The Bertz CT molecular complexity index is 188. The van der Waals surface area contributed by atoms with Gasteiger partial charge in [-0.1, -0.05) is 0 Å².